The van der Waals surface area contributed by atoms with Gasteiger partial charge in [0.25, 0.3) is 0 Å². The largest absolute Gasteiger partial charge is 0.340 e. The smallest absolute Gasteiger partial charge is 0.227 e. The van der Waals surface area contributed by atoms with Crippen LogP contribution in [-0.4, -0.2) is 56.0 Å². The maximum Gasteiger partial charge on any atom is 0.227 e. The summed E-state index contributed by atoms with van der Waals surface area (Å²) in [5.41, 5.74) is 4.61. The fourth-order valence-corrected chi connectivity index (χ4v) is 3.58. The van der Waals surface area contributed by atoms with Gasteiger partial charge >= 0.3 is 0 Å². The summed E-state index contributed by atoms with van der Waals surface area (Å²) in [6, 6.07) is 4.19. The van der Waals surface area contributed by atoms with Crippen molar-refractivity contribution in [2.24, 2.45) is 0 Å². The maximum atomic E-state index is 12.4. The Balaban J connectivity index is 2.01. The van der Waals surface area contributed by atoms with E-state index in [1.165, 1.54) is 21.7 Å². The van der Waals surface area contributed by atoms with Gasteiger partial charge < -0.3 is 4.90 Å². The molecule has 1 amide bonds. The highest BCUT2D eigenvalue weighted by Crippen LogP contribution is 2.17. The van der Waals surface area contributed by atoms with Crippen LogP contribution in [0.25, 0.3) is 0 Å². The standard InChI is InChI=1S/C16H24N2O3S/c1-12-9-14(3)15(10-13(12)2)11-16(19)17-5-7-18(8-6-17)22(4,20)21/h9-10H,5-8,11H2,1-4H3. The molecular weight excluding hydrogens is 300 g/mol. The van der Waals surface area contributed by atoms with Crippen molar-refractivity contribution < 1.29 is 13.2 Å². The summed E-state index contributed by atoms with van der Waals surface area (Å²) in [6.07, 6.45) is 1.59. The zero-order valence-electron chi connectivity index (χ0n) is 13.7. The second-order valence-electron chi connectivity index (χ2n) is 6.08. The number of nitrogens with zero attached hydrogens (tertiary/aromatic N) is 2. The van der Waals surface area contributed by atoms with Gasteiger partial charge in [-0.05, 0) is 43.0 Å². The van der Waals surface area contributed by atoms with E-state index in [1.54, 1.807) is 4.90 Å². The molecule has 1 aliphatic heterocycles. The zero-order chi connectivity index (χ0) is 16.5. The molecule has 0 spiro atoms. The van der Waals surface area contributed by atoms with Gasteiger partial charge in [0.05, 0.1) is 12.7 Å². The number of aryl methyl sites for hydroxylation is 3. The number of hydrogen-bond acceptors (Lipinski definition) is 3. The first-order valence-corrected chi connectivity index (χ1v) is 9.33. The van der Waals surface area contributed by atoms with Crippen molar-refractivity contribution in [3.8, 4) is 0 Å². The molecule has 6 heteroatoms. The first kappa shape index (κ1) is 17.0. The van der Waals surface area contributed by atoms with Crippen molar-refractivity contribution >= 4 is 15.9 Å². The van der Waals surface area contributed by atoms with Gasteiger partial charge in [0.1, 0.15) is 0 Å². The monoisotopic (exact) mass is 324 g/mol. The molecule has 2 rings (SSSR count). The molecule has 1 aliphatic rings. The number of carbonyl (C=O) groups is 1. The minimum absolute atomic E-state index is 0.0690. The molecule has 1 fully saturated rings. The minimum Gasteiger partial charge on any atom is -0.340 e. The Labute approximate surface area is 133 Å². The summed E-state index contributed by atoms with van der Waals surface area (Å²) in [5, 5.41) is 0. The first-order chi connectivity index (χ1) is 10.2. The lowest BCUT2D eigenvalue weighted by atomic mass is 9.98. The van der Waals surface area contributed by atoms with Gasteiger partial charge in [-0.1, -0.05) is 12.1 Å². The summed E-state index contributed by atoms with van der Waals surface area (Å²) in [6.45, 7) is 7.85. The number of rotatable bonds is 3. The van der Waals surface area contributed by atoms with E-state index in [9.17, 15) is 13.2 Å². The van der Waals surface area contributed by atoms with Gasteiger partial charge in [-0.3, -0.25) is 4.79 Å². The molecule has 0 radical (unpaired) electrons. The highest BCUT2D eigenvalue weighted by molar-refractivity contribution is 7.88. The number of amides is 1. The van der Waals surface area contributed by atoms with Gasteiger partial charge in [0.15, 0.2) is 0 Å². The SMILES string of the molecule is Cc1cc(C)c(CC(=O)N2CCN(S(C)(=O)=O)CC2)cc1C. The zero-order valence-corrected chi connectivity index (χ0v) is 14.5. The first-order valence-electron chi connectivity index (χ1n) is 7.48. The number of hydrogen-bond donors (Lipinski definition) is 0. The summed E-state index contributed by atoms with van der Waals surface area (Å²) >= 11 is 0. The Hall–Kier alpha value is -1.40. The van der Waals surface area contributed by atoms with Crippen LogP contribution < -0.4 is 0 Å². The molecule has 0 aliphatic carbocycles. The number of benzene rings is 1. The molecule has 0 aromatic heterocycles. The van der Waals surface area contributed by atoms with Crippen LogP contribution in [0.5, 0.6) is 0 Å². The predicted octanol–water partition coefficient (Wildman–Crippen LogP) is 1.26. The third-order valence-corrected chi connectivity index (χ3v) is 5.66. The molecule has 1 heterocycles. The molecule has 22 heavy (non-hydrogen) atoms. The Morgan fingerprint density at radius 2 is 1.55 bits per heavy atom. The van der Waals surface area contributed by atoms with E-state index in [0.717, 1.165) is 11.1 Å². The van der Waals surface area contributed by atoms with Crippen molar-refractivity contribution in [1.82, 2.24) is 9.21 Å². The maximum absolute atomic E-state index is 12.4. The van der Waals surface area contributed by atoms with Crippen molar-refractivity contribution in [2.45, 2.75) is 27.2 Å². The van der Waals surface area contributed by atoms with E-state index < -0.39 is 10.0 Å². The minimum atomic E-state index is -3.16. The number of sulfonamides is 1. The van der Waals surface area contributed by atoms with E-state index in [0.29, 0.717) is 32.6 Å². The summed E-state index contributed by atoms with van der Waals surface area (Å²) in [5.74, 6) is 0.0690. The molecule has 0 N–H and O–H groups in total. The van der Waals surface area contributed by atoms with Crippen molar-refractivity contribution in [2.75, 3.05) is 32.4 Å². The second-order valence-corrected chi connectivity index (χ2v) is 8.06. The molecule has 0 atom stereocenters. The van der Waals surface area contributed by atoms with Gasteiger partial charge in [-0.15, -0.1) is 0 Å². The quantitative estimate of drug-likeness (QED) is 0.841. The van der Waals surface area contributed by atoms with E-state index in [4.69, 9.17) is 0 Å². The van der Waals surface area contributed by atoms with Crippen LogP contribution in [0.2, 0.25) is 0 Å². The van der Waals surface area contributed by atoms with Crippen molar-refractivity contribution in [3.63, 3.8) is 0 Å². The van der Waals surface area contributed by atoms with Crippen LogP contribution in [0.1, 0.15) is 22.3 Å². The molecule has 0 bridgehead atoms. The summed E-state index contributed by atoms with van der Waals surface area (Å²) < 4.78 is 24.4. The van der Waals surface area contributed by atoms with Crippen LogP contribution in [0.15, 0.2) is 12.1 Å². The van der Waals surface area contributed by atoms with Gasteiger partial charge in [-0.25, -0.2) is 8.42 Å². The van der Waals surface area contributed by atoms with Crippen molar-refractivity contribution in [1.29, 1.82) is 0 Å². The molecule has 0 saturated carbocycles. The lowest BCUT2D eigenvalue weighted by Gasteiger charge is -2.33. The van der Waals surface area contributed by atoms with E-state index in [1.807, 2.05) is 13.8 Å². The topological polar surface area (TPSA) is 57.7 Å². The average Bonchev–Trinajstić information content (AvgIpc) is 2.44. The van der Waals surface area contributed by atoms with E-state index in [2.05, 4.69) is 19.1 Å². The van der Waals surface area contributed by atoms with Crippen LogP contribution in [-0.2, 0) is 21.2 Å². The van der Waals surface area contributed by atoms with Crippen LogP contribution in [0.4, 0.5) is 0 Å². The van der Waals surface area contributed by atoms with E-state index >= 15 is 0 Å². The highest BCUT2D eigenvalue weighted by atomic mass is 32.2. The average molecular weight is 324 g/mol. The Kier molecular flexibility index (Phi) is 4.92. The second kappa shape index (κ2) is 6.38. The fraction of sp³-hybridized carbons (Fsp3) is 0.562. The molecule has 1 saturated heterocycles. The molecular formula is C16H24N2O3S. The Morgan fingerprint density at radius 3 is 2.09 bits per heavy atom. The summed E-state index contributed by atoms with van der Waals surface area (Å²) in [7, 11) is -3.16. The molecule has 5 nitrogen and oxygen atoms in total. The lowest BCUT2D eigenvalue weighted by Crippen LogP contribution is -2.50. The molecule has 122 valence electrons. The summed E-state index contributed by atoms with van der Waals surface area (Å²) in [4.78, 5) is 14.2. The number of piperazine rings is 1. The molecule has 1 aromatic carbocycles. The van der Waals surface area contributed by atoms with Crippen LogP contribution in [0, 0.1) is 20.8 Å². The third kappa shape index (κ3) is 3.87. The molecule has 1 aromatic rings. The van der Waals surface area contributed by atoms with Crippen molar-refractivity contribution in [3.05, 3.63) is 34.4 Å². The molecule has 0 unspecified atom stereocenters. The highest BCUT2D eigenvalue weighted by Gasteiger charge is 2.26. The van der Waals surface area contributed by atoms with Gasteiger partial charge in [0.2, 0.25) is 15.9 Å². The Morgan fingerprint density at radius 1 is 1.00 bits per heavy atom. The van der Waals surface area contributed by atoms with Crippen LogP contribution >= 0.6 is 0 Å². The van der Waals surface area contributed by atoms with E-state index in [-0.39, 0.29) is 5.91 Å². The normalized spacial score (nSPS) is 16.8. The van der Waals surface area contributed by atoms with Crippen LogP contribution in [0.3, 0.4) is 0 Å². The number of carbonyl (C=O) groups excluding carboxylic acids is 1. The van der Waals surface area contributed by atoms with Gasteiger partial charge in [-0.2, -0.15) is 4.31 Å². The van der Waals surface area contributed by atoms with Gasteiger partial charge in [0, 0.05) is 26.2 Å². The fourth-order valence-electron chi connectivity index (χ4n) is 2.75. The third-order valence-electron chi connectivity index (χ3n) is 4.35. The lowest BCUT2D eigenvalue weighted by molar-refractivity contribution is -0.131. The Bertz CT molecular complexity index is 675. The predicted molar refractivity (Wildman–Crippen MR) is 87.4 cm³/mol.